The molecule has 0 spiro atoms. The van der Waals surface area contributed by atoms with Crippen molar-refractivity contribution in [2.75, 3.05) is 11.4 Å². The van der Waals surface area contributed by atoms with Gasteiger partial charge in [-0.25, -0.2) is 0 Å². The molecule has 1 aliphatic rings. The molecule has 21 heavy (non-hydrogen) atoms. The normalized spacial score (nSPS) is 18.4. The van der Waals surface area contributed by atoms with E-state index in [1.165, 1.54) is 5.56 Å². The van der Waals surface area contributed by atoms with Crippen LogP contribution in [-0.2, 0) is 9.59 Å². The van der Waals surface area contributed by atoms with Crippen LogP contribution in [0.2, 0.25) is 0 Å². The molecule has 114 valence electrons. The molecule has 1 aromatic rings. The number of aryl methyl sites for hydroxylation is 2. The summed E-state index contributed by atoms with van der Waals surface area (Å²) in [6.07, 6.45) is 1.56. The fourth-order valence-corrected chi connectivity index (χ4v) is 2.83. The van der Waals surface area contributed by atoms with Crippen LogP contribution in [0.5, 0.6) is 0 Å². The van der Waals surface area contributed by atoms with Crippen LogP contribution in [-0.4, -0.2) is 23.9 Å². The highest BCUT2D eigenvalue weighted by molar-refractivity contribution is 6.04. The fraction of sp³-hybridized carbons (Fsp3) is 0.529. The second-order valence-electron chi connectivity index (χ2n) is 5.81. The van der Waals surface area contributed by atoms with E-state index in [0.29, 0.717) is 25.8 Å². The third-order valence-electron chi connectivity index (χ3n) is 4.60. The summed E-state index contributed by atoms with van der Waals surface area (Å²) in [5, 5.41) is 2.94. The van der Waals surface area contributed by atoms with Gasteiger partial charge < -0.3 is 10.2 Å². The van der Waals surface area contributed by atoms with E-state index in [9.17, 15) is 9.59 Å². The third-order valence-corrected chi connectivity index (χ3v) is 4.60. The summed E-state index contributed by atoms with van der Waals surface area (Å²) in [7, 11) is 0. The number of hydrogen-bond donors (Lipinski definition) is 1. The average Bonchev–Trinajstić information content (AvgIpc) is 2.60. The minimum atomic E-state index is -0.771. The minimum Gasteiger partial charge on any atom is -0.342 e. The molecule has 0 atom stereocenters. The van der Waals surface area contributed by atoms with Gasteiger partial charge in [0.05, 0.1) is 0 Å². The molecular weight excluding hydrogens is 264 g/mol. The Labute approximate surface area is 126 Å². The Kier molecular flexibility index (Phi) is 4.35. The van der Waals surface area contributed by atoms with Crippen molar-refractivity contribution in [2.45, 2.75) is 52.5 Å². The van der Waals surface area contributed by atoms with Gasteiger partial charge in [-0.2, -0.15) is 0 Å². The molecule has 1 heterocycles. The fourth-order valence-electron chi connectivity index (χ4n) is 2.83. The number of benzene rings is 1. The van der Waals surface area contributed by atoms with Crippen LogP contribution in [0.25, 0.3) is 0 Å². The molecule has 2 rings (SSSR count). The number of anilines is 1. The number of carbonyl (C=O) groups is 2. The van der Waals surface area contributed by atoms with Crippen LogP contribution in [0.1, 0.15) is 44.2 Å². The second kappa shape index (κ2) is 5.88. The molecule has 4 heteroatoms. The number of nitrogens with one attached hydrogen (secondary N) is 1. The highest BCUT2D eigenvalue weighted by Gasteiger charge is 2.42. The van der Waals surface area contributed by atoms with E-state index in [1.54, 1.807) is 4.90 Å². The quantitative estimate of drug-likeness (QED) is 0.929. The number of hydrogen-bond acceptors (Lipinski definition) is 2. The summed E-state index contributed by atoms with van der Waals surface area (Å²) in [5.41, 5.74) is 2.47. The van der Waals surface area contributed by atoms with E-state index in [2.05, 4.69) is 12.2 Å². The van der Waals surface area contributed by atoms with E-state index in [1.807, 2.05) is 39.0 Å². The first-order valence-electron chi connectivity index (χ1n) is 7.63. The molecule has 2 amide bonds. The van der Waals surface area contributed by atoms with Gasteiger partial charge in [-0.1, -0.05) is 19.9 Å². The van der Waals surface area contributed by atoms with E-state index in [-0.39, 0.29) is 11.8 Å². The van der Waals surface area contributed by atoms with E-state index in [4.69, 9.17) is 0 Å². The molecule has 0 saturated carbocycles. The molecular formula is C17H24N2O2. The van der Waals surface area contributed by atoms with Crippen LogP contribution in [0.3, 0.4) is 0 Å². The molecule has 1 fully saturated rings. The molecule has 1 aliphatic heterocycles. The Morgan fingerprint density at radius 1 is 1.14 bits per heavy atom. The van der Waals surface area contributed by atoms with Gasteiger partial charge in [0.15, 0.2) is 0 Å². The smallest absolute Gasteiger partial charge is 0.252 e. The maximum Gasteiger partial charge on any atom is 0.252 e. The average molecular weight is 288 g/mol. The summed E-state index contributed by atoms with van der Waals surface area (Å²) in [6.45, 7) is 8.43. The van der Waals surface area contributed by atoms with Crippen molar-refractivity contribution >= 4 is 17.5 Å². The SMILES string of the molecule is CCC1(CC)NC(=O)CCN(c2ccc(C)c(C)c2)C1=O. The molecule has 0 aliphatic carbocycles. The summed E-state index contributed by atoms with van der Waals surface area (Å²) in [6, 6.07) is 6.02. The molecule has 0 unspecified atom stereocenters. The lowest BCUT2D eigenvalue weighted by Crippen LogP contribution is -2.56. The maximum absolute atomic E-state index is 13.0. The molecule has 1 saturated heterocycles. The summed E-state index contributed by atoms with van der Waals surface area (Å²) < 4.78 is 0. The highest BCUT2D eigenvalue weighted by atomic mass is 16.2. The highest BCUT2D eigenvalue weighted by Crippen LogP contribution is 2.27. The van der Waals surface area contributed by atoms with Crippen molar-refractivity contribution in [3.8, 4) is 0 Å². The predicted molar refractivity (Wildman–Crippen MR) is 84.3 cm³/mol. The van der Waals surface area contributed by atoms with Gasteiger partial charge in [0.2, 0.25) is 5.91 Å². The Morgan fingerprint density at radius 2 is 1.81 bits per heavy atom. The minimum absolute atomic E-state index is 0.00148. The Morgan fingerprint density at radius 3 is 2.38 bits per heavy atom. The predicted octanol–water partition coefficient (Wildman–Crippen LogP) is 2.72. The van der Waals surface area contributed by atoms with E-state index >= 15 is 0 Å². The lowest BCUT2D eigenvalue weighted by Gasteiger charge is -2.33. The van der Waals surface area contributed by atoms with Gasteiger partial charge in [0.25, 0.3) is 5.91 Å². The van der Waals surface area contributed by atoms with Crippen LogP contribution in [0.15, 0.2) is 18.2 Å². The Bertz CT molecular complexity index is 562. The van der Waals surface area contributed by atoms with Gasteiger partial charge in [-0.05, 0) is 49.9 Å². The van der Waals surface area contributed by atoms with Gasteiger partial charge in [0.1, 0.15) is 5.54 Å². The second-order valence-corrected chi connectivity index (χ2v) is 5.81. The van der Waals surface area contributed by atoms with Crippen LogP contribution in [0.4, 0.5) is 5.69 Å². The number of nitrogens with zero attached hydrogens (tertiary/aromatic N) is 1. The standard InChI is InChI=1S/C17H24N2O2/c1-5-17(6-2)16(21)19(10-9-15(20)18-17)14-8-7-12(3)13(4)11-14/h7-8,11H,5-6,9-10H2,1-4H3,(H,18,20). The van der Waals surface area contributed by atoms with Gasteiger partial charge in [-0.3, -0.25) is 9.59 Å². The van der Waals surface area contributed by atoms with Crippen LogP contribution in [0, 0.1) is 13.8 Å². The molecule has 0 bridgehead atoms. The van der Waals surface area contributed by atoms with Crippen molar-refractivity contribution in [1.29, 1.82) is 0 Å². The van der Waals surface area contributed by atoms with Crippen molar-refractivity contribution in [2.24, 2.45) is 0 Å². The number of carbonyl (C=O) groups excluding carboxylic acids is 2. The van der Waals surface area contributed by atoms with Crippen molar-refractivity contribution in [1.82, 2.24) is 5.32 Å². The first-order chi connectivity index (χ1) is 9.93. The third kappa shape index (κ3) is 2.80. The topological polar surface area (TPSA) is 49.4 Å². The number of amides is 2. The lowest BCUT2D eigenvalue weighted by atomic mass is 9.91. The first-order valence-corrected chi connectivity index (χ1v) is 7.63. The summed E-state index contributed by atoms with van der Waals surface area (Å²) in [4.78, 5) is 26.7. The summed E-state index contributed by atoms with van der Waals surface area (Å²) in [5.74, 6) is -0.0417. The zero-order chi connectivity index (χ0) is 15.6. The van der Waals surface area contributed by atoms with Crippen LogP contribution >= 0.6 is 0 Å². The molecule has 1 aromatic carbocycles. The molecule has 4 nitrogen and oxygen atoms in total. The van der Waals surface area contributed by atoms with Crippen molar-refractivity contribution in [3.05, 3.63) is 29.3 Å². The zero-order valence-electron chi connectivity index (χ0n) is 13.3. The summed E-state index contributed by atoms with van der Waals surface area (Å²) >= 11 is 0. The molecule has 0 aromatic heterocycles. The molecule has 1 N–H and O–H groups in total. The van der Waals surface area contributed by atoms with E-state index in [0.717, 1.165) is 11.3 Å². The van der Waals surface area contributed by atoms with Crippen LogP contribution < -0.4 is 10.2 Å². The maximum atomic E-state index is 13.0. The zero-order valence-corrected chi connectivity index (χ0v) is 13.3. The Hall–Kier alpha value is -1.84. The monoisotopic (exact) mass is 288 g/mol. The molecule has 0 radical (unpaired) electrons. The van der Waals surface area contributed by atoms with Gasteiger partial charge in [-0.15, -0.1) is 0 Å². The lowest BCUT2D eigenvalue weighted by molar-refractivity contribution is -0.130. The van der Waals surface area contributed by atoms with Crippen molar-refractivity contribution in [3.63, 3.8) is 0 Å². The van der Waals surface area contributed by atoms with Crippen molar-refractivity contribution < 1.29 is 9.59 Å². The largest absolute Gasteiger partial charge is 0.342 e. The first kappa shape index (κ1) is 15.5. The van der Waals surface area contributed by atoms with Gasteiger partial charge >= 0.3 is 0 Å². The Balaban J connectivity index is 2.44. The van der Waals surface area contributed by atoms with Gasteiger partial charge in [0, 0.05) is 18.7 Å². The van der Waals surface area contributed by atoms with E-state index < -0.39 is 5.54 Å². The number of rotatable bonds is 3.